The van der Waals surface area contributed by atoms with Crippen molar-refractivity contribution in [2.45, 2.75) is 37.1 Å². The van der Waals surface area contributed by atoms with E-state index in [1.165, 1.54) is 25.3 Å². The number of nitrogen functional groups attached to an aromatic ring is 1. The molecule has 5 N–H and O–H groups in total. The first-order valence-corrected chi connectivity index (χ1v) is 8.82. The minimum Gasteiger partial charge on any atom is -0.398 e. The van der Waals surface area contributed by atoms with Gasteiger partial charge in [-0.2, -0.15) is 0 Å². The van der Waals surface area contributed by atoms with E-state index in [0.717, 1.165) is 25.3 Å². The summed E-state index contributed by atoms with van der Waals surface area (Å²) in [5.74, 6) is 0. The summed E-state index contributed by atoms with van der Waals surface area (Å²) in [5.41, 5.74) is 6.74. The largest absolute Gasteiger partial charge is 0.398 e. The molecular formula is C14H24N4O2S. The molecule has 21 heavy (non-hydrogen) atoms. The highest BCUT2D eigenvalue weighted by Gasteiger charge is 2.15. The maximum atomic E-state index is 11.3. The average Bonchev–Trinajstić information content (AvgIpc) is 2.38. The molecule has 2 rings (SSSR count). The highest BCUT2D eigenvalue weighted by molar-refractivity contribution is 7.89. The predicted octanol–water partition coefficient (Wildman–Crippen LogP) is 1.20. The Morgan fingerprint density at radius 1 is 1.29 bits per heavy atom. The van der Waals surface area contributed by atoms with Crippen molar-refractivity contribution in [2.24, 2.45) is 5.14 Å². The van der Waals surface area contributed by atoms with Crippen molar-refractivity contribution < 1.29 is 8.42 Å². The molecule has 7 heteroatoms. The van der Waals surface area contributed by atoms with Crippen LogP contribution < -0.4 is 16.2 Å². The maximum Gasteiger partial charge on any atom is 0.240 e. The summed E-state index contributed by atoms with van der Waals surface area (Å²) in [6.45, 7) is 5.38. The van der Waals surface area contributed by atoms with E-state index in [4.69, 9.17) is 10.9 Å². The molecule has 0 amide bonds. The van der Waals surface area contributed by atoms with E-state index in [2.05, 4.69) is 17.1 Å². The molecule has 1 unspecified atom stereocenters. The number of nitrogens with zero attached hydrogens (tertiary/aromatic N) is 1. The maximum absolute atomic E-state index is 11.3. The third kappa shape index (κ3) is 4.59. The molecule has 1 saturated heterocycles. The van der Waals surface area contributed by atoms with Crippen molar-refractivity contribution in [3.63, 3.8) is 0 Å². The molecule has 118 valence electrons. The Balaban J connectivity index is 1.97. The number of sulfonamides is 1. The Labute approximate surface area is 126 Å². The molecule has 0 saturated carbocycles. The number of nitrogens with two attached hydrogens (primary N) is 2. The van der Waals surface area contributed by atoms with Crippen LogP contribution in [-0.4, -0.2) is 39.0 Å². The zero-order valence-corrected chi connectivity index (χ0v) is 13.2. The number of anilines is 2. The molecule has 1 fully saturated rings. The number of benzene rings is 1. The van der Waals surface area contributed by atoms with Gasteiger partial charge in [0.1, 0.15) is 4.90 Å². The lowest BCUT2D eigenvalue weighted by atomic mass is 10.1. The monoisotopic (exact) mass is 312 g/mol. The number of rotatable bonds is 5. The molecule has 0 aliphatic carbocycles. The van der Waals surface area contributed by atoms with Gasteiger partial charge in [0.05, 0.1) is 5.69 Å². The molecular weight excluding hydrogens is 288 g/mol. The summed E-state index contributed by atoms with van der Waals surface area (Å²) in [6, 6.07) is 5.03. The Kier molecular flexibility index (Phi) is 5.08. The number of hydrogen-bond acceptors (Lipinski definition) is 5. The second kappa shape index (κ2) is 6.64. The molecule has 0 radical (unpaired) electrons. The van der Waals surface area contributed by atoms with Gasteiger partial charge in [-0.25, -0.2) is 13.6 Å². The molecule has 0 spiro atoms. The van der Waals surface area contributed by atoms with Crippen molar-refractivity contribution in [3.05, 3.63) is 18.2 Å². The van der Waals surface area contributed by atoms with Crippen LogP contribution in [0, 0.1) is 0 Å². The van der Waals surface area contributed by atoms with Crippen LogP contribution >= 0.6 is 0 Å². The molecule has 1 atom stereocenters. The summed E-state index contributed by atoms with van der Waals surface area (Å²) >= 11 is 0. The van der Waals surface area contributed by atoms with Crippen LogP contribution in [0.3, 0.4) is 0 Å². The highest BCUT2D eigenvalue weighted by atomic mass is 32.2. The highest BCUT2D eigenvalue weighted by Crippen LogP contribution is 2.22. The van der Waals surface area contributed by atoms with E-state index < -0.39 is 10.0 Å². The third-order valence-electron chi connectivity index (χ3n) is 3.71. The van der Waals surface area contributed by atoms with Crippen LogP contribution in [-0.2, 0) is 10.0 Å². The first-order chi connectivity index (χ1) is 9.86. The Hall–Kier alpha value is -1.31. The summed E-state index contributed by atoms with van der Waals surface area (Å²) in [7, 11) is -3.76. The van der Waals surface area contributed by atoms with E-state index in [9.17, 15) is 8.42 Å². The molecule has 1 aliphatic rings. The number of likely N-dealkylation sites (tertiary alicyclic amines) is 1. The lowest BCUT2D eigenvalue weighted by molar-refractivity contribution is 0.223. The van der Waals surface area contributed by atoms with Crippen LogP contribution in [0.4, 0.5) is 11.4 Å². The van der Waals surface area contributed by atoms with Crippen molar-refractivity contribution in [1.29, 1.82) is 0 Å². The lowest BCUT2D eigenvalue weighted by Crippen LogP contribution is -2.38. The van der Waals surface area contributed by atoms with Crippen LogP contribution in [0.15, 0.2) is 23.1 Å². The fraction of sp³-hybridized carbons (Fsp3) is 0.571. The van der Waals surface area contributed by atoms with E-state index in [0.29, 0.717) is 0 Å². The summed E-state index contributed by atoms with van der Waals surface area (Å²) in [5, 5.41) is 8.45. The first kappa shape index (κ1) is 16.1. The van der Waals surface area contributed by atoms with Gasteiger partial charge in [0.25, 0.3) is 0 Å². The molecule has 1 aromatic rings. The summed E-state index contributed by atoms with van der Waals surface area (Å²) in [4.78, 5) is 2.42. The zero-order chi connectivity index (χ0) is 15.5. The number of nitrogens with one attached hydrogen (secondary N) is 1. The first-order valence-electron chi connectivity index (χ1n) is 7.27. The molecule has 1 aliphatic heterocycles. The predicted molar refractivity (Wildman–Crippen MR) is 85.6 cm³/mol. The average molecular weight is 312 g/mol. The van der Waals surface area contributed by atoms with Crippen molar-refractivity contribution in [1.82, 2.24) is 4.90 Å². The van der Waals surface area contributed by atoms with Gasteiger partial charge < -0.3 is 16.0 Å². The Morgan fingerprint density at radius 3 is 2.52 bits per heavy atom. The Morgan fingerprint density at radius 2 is 1.95 bits per heavy atom. The smallest absolute Gasteiger partial charge is 0.240 e. The van der Waals surface area contributed by atoms with E-state index >= 15 is 0 Å². The van der Waals surface area contributed by atoms with Gasteiger partial charge >= 0.3 is 0 Å². The molecule has 0 bridgehead atoms. The van der Waals surface area contributed by atoms with Gasteiger partial charge in [0.15, 0.2) is 0 Å². The number of piperidine rings is 1. The number of hydrogen-bond donors (Lipinski definition) is 3. The van der Waals surface area contributed by atoms with Crippen molar-refractivity contribution in [3.8, 4) is 0 Å². The minimum atomic E-state index is -3.76. The second-order valence-corrected chi connectivity index (χ2v) is 7.23. The van der Waals surface area contributed by atoms with Gasteiger partial charge in [0, 0.05) is 18.3 Å². The summed E-state index contributed by atoms with van der Waals surface area (Å²) in [6.07, 6.45) is 3.86. The van der Waals surface area contributed by atoms with E-state index in [1.807, 2.05) is 0 Å². The normalized spacial score (nSPS) is 18.4. The van der Waals surface area contributed by atoms with Gasteiger partial charge in [-0.05, 0) is 51.1 Å². The van der Waals surface area contributed by atoms with Gasteiger partial charge in [-0.3, -0.25) is 0 Å². The topological polar surface area (TPSA) is 101 Å². The minimum absolute atomic E-state index is 0.0308. The van der Waals surface area contributed by atoms with Crippen LogP contribution in [0.5, 0.6) is 0 Å². The molecule has 6 nitrogen and oxygen atoms in total. The van der Waals surface area contributed by atoms with Crippen LogP contribution in [0.2, 0.25) is 0 Å². The quantitative estimate of drug-likeness (QED) is 0.709. The van der Waals surface area contributed by atoms with E-state index in [-0.39, 0.29) is 16.6 Å². The van der Waals surface area contributed by atoms with Crippen molar-refractivity contribution in [2.75, 3.05) is 30.7 Å². The van der Waals surface area contributed by atoms with Gasteiger partial charge in [-0.15, -0.1) is 0 Å². The Bertz CT molecular complexity index is 583. The standard InChI is InChI=1S/C14H24N4O2S/c1-11(10-18-7-3-2-4-8-18)17-12-5-6-14(13(15)9-12)21(16,19)20/h5-6,9,11,17H,2-4,7-8,10,15H2,1H3,(H2,16,19,20). The van der Waals surface area contributed by atoms with Gasteiger partial charge in [0.2, 0.25) is 10.0 Å². The molecule has 1 aromatic carbocycles. The van der Waals surface area contributed by atoms with Crippen molar-refractivity contribution >= 4 is 21.4 Å². The fourth-order valence-electron chi connectivity index (χ4n) is 2.76. The lowest BCUT2D eigenvalue weighted by Gasteiger charge is -2.29. The molecule has 1 heterocycles. The third-order valence-corrected chi connectivity index (χ3v) is 4.69. The molecule has 0 aromatic heterocycles. The van der Waals surface area contributed by atoms with Gasteiger partial charge in [-0.1, -0.05) is 6.42 Å². The van der Waals surface area contributed by atoms with Crippen LogP contribution in [0.25, 0.3) is 0 Å². The summed E-state index contributed by atoms with van der Waals surface area (Å²) < 4.78 is 22.6. The SMILES string of the molecule is CC(CN1CCCCC1)Nc1ccc(S(N)(=O)=O)c(N)c1. The number of primary sulfonamides is 1. The zero-order valence-electron chi connectivity index (χ0n) is 12.4. The van der Waals surface area contributed by atoms with E-state index in [1.54, 1.807) is 12.1 Å². The second-order valence-electron chi connectivity index (χ2n) is 5.70. The van der Waals surface area contributed by atoms with Crippen LogP contribution in [0.1, 0.15) is 26.2 Å². The fourth-order valence-corrected chi connectivity index (χ4v) is 3.40.